The number of amides is 1. The zero-order valence-electron chi connectivity index (χ0n) is 28.5. The summed E-state index contributed by atoms with van der Waals surface area (Å²) in [4.78, 5) is 18.3. The van der Waals surface area contributed by atoms with Crippen molar-refractivity contribution in [2.24, 2.45) is 11.1 Å². The molecule has 254 valence electrons. The van der Waals surface area contributed by atoms with Gasteiger partial charge in [0.25, 0.3) is 5.91 Å². The summed E-state index contributed by atoms with van der Waals surface area (Å²) in [6.07, 6.45) is 3.96. The smallest absolute Gasteiger partial charge is 0.253 e. The predicted molar refractivity (Wildman–Crippen MR) is 185 cm³/mol. The highest BCUT2D eigenvalue weighted by molar-refractivity contribution is 5.95. The van der Waals surface area contributed by atoms with Crippen LogP contribution in [0, 0.1) is 5.41 Å². The van der Waals surface area contributed by atoms with E-state index in [0.29, 0.717) is 19.6 Å². The number of methoxy groups -OCH3 is 1. The van der Waals surface area contributed by atoms with Gasteiger partial charge in [0.1, 0.15) is 11.9 Å². The van der Waals surface area contributed by atoms with E-state index < -0.39 is 6.04 Å². The Labute approximate surface area is 282 Å². The number of aromatic hydroxyl groups is 1. The van der Waals surface area contributed by atoms with E-state index in [1.54, 1.807) is 24.3 Å². The van der Waals surface area contributed by atoms with Crippen molar-refractivity contribution in [3.8, 4) is 28.1 Å². The lowest BCUT2D eigenvalue weighted by Crippen LogP contribution is -2.58. The van der Waals surface area contributed by atoms with Gasteiger partial charge in [-0.2, -0.15) is 0 Å². The van der Waals surface area contributed by atoms with Crippen molar-refractivity contribution < 1.29 is 24.1 Å². The van der Waals surface area contributed by atoms with Crippen molar-refractivity contribution in [1.29, 1.82) is 0 Å². The highest BCUT2D eigenvalue weighted by Gasteiger charge is 2.48. The van der Waals surface area contributed by atoms with Gasteiger partial charge in [-0.1, -0.05) is 26.0 Å². The third kappa shape index (κ3) is 6.23. The van der Waals surface area contributed by atoms with Gasteiger partial charge in [0.15, 0.2) is 6.29 Å². The summed E-state index contributed by atoms with van der Waals surface area (Å²) in [5, 5.41) is 13.6. The van der Waals surface area contributed by atoms with Gasteiger partial charge in [0.2, 0.25) is 0 Å². The third-order valence-electron chi connectivity index (χ3n) is 10.1. The number of carbonyl (C=O) groups is 1. The zero-order valence-corrected chi connectivity index (χ0v) is 28.5. The van der Waals surface area contributed by atoms with Gasteiger partial charge in [0, 0.05) is 42.9 Å². The van der Waals surface area contributed by atoms with Gasteiger partial charge in [-0.25, -0.2) is 5.43 Å². The van der Waals surface area contributed by atoms with Crippen molar-refractivity contribution in [2.75, 3.05) is 20.3 Å². The molecular formula is C38H47N5O5. The molecular weight excluding hydrogens is 606 g/mol. The molecule has 2 aromatic heterocycles. The van der Waals surface area contributed by atoms with Crippen LogP contribution in [0.5, 0.6) is 5.75 Å². The fourth-order valence-corrected chi connectivity index (χ4v) is 7.55. The number of hydrogen-bond acceptors (Lipinski definition) is 8. The number of aryl methyl sites for hydroxylation is 1. The molecule has 48 heavy (non-hydrogen) atoms. The number of nitrogens with zero attached hydrogens (tertiary/aromatic N) is 3. The number of hydrogen-bond donors (Lipinski definition) is 3. The number of nitrogens with one attached hydrogen (secondary N) is 1. The van der Waals surface area contributed by atoms with E-state index >= 15 is 0 Å². The maximum absolute atomic E-state index is 13.5. The molecule has 2 fully saturated rings. The maximum Gasteiger partial charge on any atom is 0.253 e. The minimum Gasteiger partial charge on any atom is -0.508 e. The van der Waals surface area contributed by atoms with Crippen LogP contribution in [0.4, 0.5) is 0 Å². The minimum atomic E-state index is -0.764. The van der Waals surface area contributed by atoms with Crippen LogP contribution in [0.2, 0.25) is 0 Å². The second kappa shape index (κ2) is 12.9. The number of nitrogens with two attached hydrogens (primary N) is 1. The number of epoxide rings is 1. The van der Waals surface area contributed by atoms with Crippen molar-refractivity contribution >= 4 is 16.8 Å². The number of hydrazine groups is 1. The molecule has 4 N–H and O–H groups in total. The van der Waals surface area contributed by atoms with E-state index in [-0.39, 0.29) is 41.6 Å². The molecule has 1 amide bonds. The lowest BCUT2D eigenvalue weighted by molar-refractivity contribution is -0.138. The van der Waals surface area contributed by atoms with Crippen LogP contribution in [0.25, 0.3) is 33.3 Å². The van der Waals surface area contributed by atoms with E-state index in [0.717, 1.165) is 70.4 Å². The van der Waals surface area contributed by atoms with E-state index in [4.69, 9.17) is 24.9 Å². The maximum atomic E-state index is 13.5. The Kier molecular flexibility index (Phi) is 8.80. The number of ether oxygens (including phenoxy) is 3. The van der Waals surface area contributed by atoms with E-state index in [9.17, 15) is 9.90 Å². The molecule has 0 radical (unpaired) electrons. The number of rotatable bonds is 4. The Balaban J connectivity index is 1.40. The summed E-state index contributed by atoms with van der Waals surface area (Å²) in [5.74, 6) is -0.0288. The molecule has 4 aromatic rings. The average Bonchev–Trinajstić information content (AvgIpc) is 3.81. The van der Waals surface area contributed by atoms with E-state index in [1.807, 2.05) is 25.3 Å². The number of fused-ring (bicyclic) bond motifs is 8. The summed E-state index contributed by atoms with van der Waals surface area (Å²) >= 11 is 0. The summed E-state index contributed by atoms with van der Waals surface area (Å²) in [6.45, 7) is 10.5. The third-order valence-corrected chi connectivity index (χ3v) is 10.1. The Bertz CT molecular complexity index is 1840. The van der Waals surface area contributed by atoms with Gasteiger partial charge >= 0.3 is 0 Å². The second-order valence-corrected chi connectivity index (χ2v) is 14.3. The summed E-state index contributed by atoms with van der Waals surface area (Å²) in [5.41, 5.74) is 17.7. The van der Waals surface area contributed by atoms with E-state index in [2.05, 4.69) is 55.0 Å². The standard InChI is InChI=1S/C38H47N5O5/c1-6-42-32-12-11-24-19-28(32)29(34(42)27-9-7-13-40-33(27)22(2)46-5)20-38(3,4)21-47-37-35(48-37)31-10-8-14-43(41-31)36(45)30(39)17-23-15-25(24)18-26(44)16-23/h7,9,11-13,15-16,18-19,22,30-31,35,37,41,44H,6,8,10,14,17,20-21,39H2,1-5H3/t22-,30-,31-,35?,37?/m0/s1. The number of benzene rings is 2. The van der Waals surface area contributed by atoms with Crippen molar-refractivity contribution in [3.63, 3.8) is 0 Å². The molecule has 2 aromatic carbocycles. The first-order valence-electron chi connectivity index (χ1n) is 17.1. The normalized spacial score (nSPS) is 24.9. The molecule has 3 aliphatic rings. The van der Waals surface area contributed by atoms with Gasteiger partial charge < -0.3 is 29.6 Å². The number of pyridine rings is 1. The Morgan fingerprint density at radius 3 is 2.81 bits per heavy atom. The summed E-state index contributed by atoms with van der Waals surface area (Å²) < 4.78 is 20.6. The molecule has 0 aliphatic carbocycles. The number of carbonyl (C=O) groups excluding carboxylic acids is 1. The predicted octanol–water partition coefficient (Wildman–Crippen LogP) is 5.49. The first-order valence-corrected chi connectivity index (χ1v) is 17.1. The topological polar surface area (TPSA) is 127 Å². The number of phenols is 1. The lowest BCUT2D eigenvalue weighted by Gasteiger charge is -2.34. The zero-order chi connectivity index (χ0) is 33.7. The van der Waals surface area contributed by atoms with Crippen molar-refractivity contribution in [1.82, 2.24) is 20.0 Å². The van der Waals surface area contributed by atoms with Gasteiger partial charge in [0.05, 0.1) is 36.2 Å². The second-order valence-electron chi connectivity index (χ2n) is 14.3. The van der Waals surface area contributed by atoms with Crippen LogP contribution in [-0.2, 0) is 38.4 Å². The fraction of sp³-hybridized carbons (Fsp3) is 0.474. The van der Waals surface area contributed by atoms with Gasteiger partial charge in [-0.3, -0.25) is 14.8 Å². The van der Waals surface area contributed by atoms with Gasteiger partial charge in [-0.15, -0.1) is 0 Å². The highest BCUT2D eigenvalue weighted by Crippen LogP contribution is 2.42. The molecule has 2 unspecified atom stereocenters. The molecule has 2 saturated heterocycles. The van der Waals surface area contributed by atoms with Crippen molar-refractivity contribution in [2.45, 2.75) is 90.5 Å². The monoisotopic (exact) mass is 653 g/mol. The van der Waals surface area contributed by atoms with Crippen molar-refractivity contribution in [3.05, 3.63) is 71.5 Å². The van der Waals surface area contributed by atoms with Crippen LogP contribution in [0.3, 0.4) is 0 Å². The summed E-state index contributed by atoms with van der Waals surface area (Å²) in [7, 11) is 1.72. The van der Waals surface area contributed by atoms with Crippen LogP contribution in [0.1, 0.15) is 63.5 Å². The Morgan fingerprint density at radius 2 is 2.02 bits per heavy atom. The molecule has 0 saturated carbocycles. The van der Waals surface area contributed by atoms with Crippen LogP contribution >= 0.6 is 0 Å². The fourth-order valence-electron chi connectivity index (χ4n) is 7.55. The molecule has 6 bridgehead atoms. The number of aromatic nitrogens is 2. The highest BCUT2D eigenvalue weighted by atomic mass is 16.8. The average molecular weight is 654 g/mol. The van der Waals surface area contributed by atoms with Crippen LogP contribution in [0.15, 0.2) is 54.7 Å². The summed E-state index contributed by atoms with van der Waals surface area (Å²) in [6, 6.07) is 15.3. The Hall–Kier alpha value is -3.80. The van der Waals surface area contributed by atoms with Crippen LogP contribution in [-0.4, -0.2) is 70.3 Å². The molecule has 10 heteroatoms. The van der Waals surface area contributed by atoms with Gasteiger partial charge in [-0.05, 0) is 104 Å². The first-order chi connectivity index (χ1) is 23.1. The quantitative estimate of drug-likeness (QED) is 0.247. The molecule has 7 rings (SSSR count). The largest absolute Gasteiger partial charge is 0.508 e. The Morgan fingerprint density at radius 1 is 1.19 bits per heavy atom. The molecule has 3 aliphatic heterocycles. The lowest BCUT2D eigenvalue weighted by atomic mass is 9.84. The molecule has 10 nitrogen and oxygen atoms in total. The SMILES string of the molecule is CCn1c(-c2cccnc2[C@H](C)OC)c2c3cc(ccc31)-c1cc(O)cc(c1)C[C@H](N)C(=O)N1CCC[C@H](N1)C1OC1OCC(C)(C)C2. The van der Waals surface area contributed by atoms with Crippen LogP contribution < -0.4 is 11.2 Å². The van der Waals surface area contributed by atoms with E-state index in [1.165, 1.54) is 5.56 Å². The molecule has 5 heterocycles. The number of phenolic OH excluding ortho intramolecular Hbond substituents is 1. The molecule has 5 atom stereocenters. The minimum absolute atomic E-state index is 0.0319. The first kappa shape index (κ1) is 32.7. The molecule has 0 spiro atoms.